The second-order valence-electron chi connectivity index (χ2n) is 6.66. The molecule has 0 amide bonds. The first kappa shape index (κ1) is 17.5. The highest BCUT2D eigenvalue weighted by atomic mass is 79.9. The summed E-state index contributed by atoms with van der Waals surface area (Å²) in [6.07, 6.45) is 2.23. The normalized spacial score (nSPS) is 14.9. The molecular weight excluding hydrogens is 314 g/mol. The summed E-state index contributed by atoms with van der Waals surface area (Å²) < 4.78 is 6.30. The zero-order valence-electron chi connectivity index (χ0n) is 13.6. The third-order valence-corrected chi connectivity index (χ3v) is 4.84. The van der Waals surface area contributed by atoms with Gasteiger partial charge in [0.25, 0.3) is 0 Å². The van der Waals surface area contributed by atoms with E-state index in [2.05, 4.69) is 68.1 Å². The van der Waals surface area contributed by atoms with Crippen LogP contribution in [0.2, 0.25) is 0 Å². The molecule has 1 rings (SSSR count). The number of ether oxygens (including phenoxy) is 1. The van der Waals surface area contributed by atoms with E-state index in [0.29, 0.717) is 17.4 Å². The fourth-order valence-corrected chi connectivity index (χ4v) is 2.79. The third kappa shape index (κ3) is 5.10. The highest BCUT2D eigenvalue weighted by molar-refractivity contribution is 9.10. The van der Waals surface area contributed by atoms with Crippen molar-refractivity contribution < 1.29 is 4.74 Å². The van der Waals surface area contributed by atoms with Crippen LogP contribution in [0, 0.1) is 11.3 Å². The average molecular weight is 342 g/mol. The lowest BCUT2D eigenvalue weighted by molar-refractivity contribution is 0.225. The van der Waals surface area contributed by atoms with E-state index in [9.17, 15) is 0 Å². The first-order valence-corrected chi connectivity index (χ1v) is 8.07. The van der Waals surface area contributed by atoms with E-state index in [0.717, 1.165) is 16.6 Å². The van der Waals surface area contributed by atoms with Gasteiger partial charge in [-0.25, -0.2) is 0 Å². The van der Waals surface area contributed by atoms with Crippen molar-refractivity contribution in [1.82, 2.24) is 5.32 Å². The van der Waals surface area contributed by atoms with E-state index in [1.807, 2.05) is 6.07 Å². The Labute approximate surface area is 132 Å². The Hall–Kier alpha value is -0.540. The van der Waals surface area contributed by atoms with Crippen LogP contribution < -0.4 is 10.1 Å². The van der Waals surface area contributed by atoms with Crippen LogP contribution in [-0.2, 0) is 6.42 Å². The maximum Gasteiger partial charge on any atom is 0.133 e. The Kier molecular flexibility index (Phi) is 6.53. The molecule has 0 saturated heterocycles. The smallest absolute Gasteiger partial charge is 0.133 e. The van der Waals surface area contributed by atoms with Gasteiger partial charge in [-0.15, -0.1) is 0 Å². The van der Waals surface area contributed by atoms with Crippen LogP contribution in [0.5, 0.6) is 5.75 Å². The molecule has 114 valence electrons. The molecule has 1 N–H and O–H groups in total. The van der Waals surface area contributed by atoms with E-state index >= 15 is 0 Å². The minimum Gasteiger partial charge on any atom is -0.496 e. The highest BCUT2D eigenvalue weighted by Gasteiger charge is 2.23. The molecule has 0 radical (unpaired) electrons. The fourth-order valence-electron chi connectivity index (χ4n) is 2.20. The van der Waals surface area contributed by atoms with Crippen molar-refractivity contribution in [3.05, 3.63) is 28.2 Å². The molecule has 1 aromatic carbocycles. The zero-order chi connectivity index (χ0) is 15.3. The molecule has 2 unspecified atom stereocenters. The van der Waals surface area contributed by atoms with Gasteiger partial charge < -0.3 is 10.1 Å². The number of halogens is 1. The number of hydrogen-bond donors (Lipinski definition) is 1. The van der Waals surface area contributed by atoms with Gasteiger partial charge >= 0.3 is 0 Å². The Morgan fingerprint density at radius 3 is 2.40 bits per heavy atom. The van der Waals surface area contributed by atoms with Crippen molar-refractivity contribution in [2.75, 3.05) is 14.2 Å². The molecule has 2 nitrogen and oxygen atoms in total. The first-order valence-electron chi connectivity index (χ1n) is 7.27. The van der Waals surface area contributed by atoms with Crippen molar-refractivity contribution >= 4 is 15.9 Å². The molecule has 20 heavy (non-hydrogen) atoms. The number of hydrogen-bond acceptors (Lipinski definition) is 2. The van der Waals surface area contributed by atoms with Crippen molar-refractivity contribution in [2.24, 2.45) is 11.3 Å². The standard InChI is InChI=1S/C17H28BrNO/c1-12(17(2,3)4)9-14(19-5)10-13-7-8-16(20-6)15(18)11-13/h7-8,11-12,14,19H,9-10H2,1-6H3. The maximum atomic E-state index is 5.28. The lowest BCUT2D eigenvalue weighted by atomic mass is 9.78. The van der Waals surface area contributed by atoms with E-state index in [1.54, 1.807) is 7.11 Å². The van der Waals surface area contributed by atoms with Crippen LogP contribution in [0.25, 0.3) is 0 Å². The molecule has 0 aliphatic rings. The number of likely N-dealkylation sites (N-methyl/N-ethyl adjacent to an activating group) is 1. The number of nitrogens with one attached hydrogen (secondary N) is 1. The van der Waals surface area contributed by atoms with Gasteiger partial charge in [-0.2, -0.15) is 0 Å². The molecule has 0 aliphatic heterocycles. The molecule has 0 saturated carbocycles. The van der Waals surface area contributed by atoms with Gasteiger partial charge in [0.1, 0.15) is 5.75 Å². The van der Waals surface area contributed by atoms with Crippen LogP contribution >= 0.6 is 15.9 Å². The van der Waals surface area contributed by atoms with Gasteiger partial charge in [0, 0.05) is 6.04 Å². The molecule has 0 spiro atoms. The molecule has 0 aliphatic carbocycles. The number of benzene rings is 1. The SMILES string of the molecule is CNC(Cc1ccc(OC)c(Br)c1)CC(C)C(C)(C)C. The second-order valence-corrected chi connectivity index (χ2v) is 7.52. The predicted molar refractivity (Wildman–Crippen MR) is 90.5 cm³/mol. The number of methoxy groups -OCH3 is 1. The maximum absolute atomic E-state index is 5.28. The van der Waals surface area contributed by atoms with Gasteiger partial charge in [-0.3, -0.25) is 0 Å². The van der Waals surface area contributed by atoms with Crippen molar-refractivity contribution in [3.8, 4) is 5.75 Å². The third-order valence-electron chi connectivity index (χ3n) is 4.22. The van der Waals surface area contributed by atoms with Gasteiger partial charge in [-0.1, -0.05) is 33.8 Å². The van der Waals surface area contributed by atoms with Gasteiger partial charge in [0.05, 0.1) is 11.6 Å². The lowest BCUT2D eigenvalue weighted by Gasteiger charge is -2.31. The summed E-state index contributed by atoms with van der Waals surface area (Å²) >= 11 is 3.56. The topological polar surface area (TPSA) is 21.3 Å². The molecule has 2 atom stereocenters. The average Bonchev–Trinajstić information content (AvgIpc) is 2.37. The summed E-state index contributed by atoms with van der Waals surface area (Å²) in [5.41, 5.74) is 1.69. The van der Waals surface area contributed by atoms with Crippen LogP contribution in [-0.4, -0.2) is 20.2 Å². The minimum absolute atomic E-state index is 0.357. The predicted octanol–water partition coefficient (Wildman–Crippen LogP) is 4.66. The Bertz CT molecular complexity index is 425. The molecule has 0 fully saturated rings. The molecule has 0 heterocycles. The summed E-state index contributed by atoms with van der Waals surface area (Å²) in [6, 6.07) is 6.84. The second kappa shape index (κ2) is 7.46. The zero-order valence-corrected chi connectivity index (χ0v) is 15.2. The van der Waals surface area contributed by atoms with Crippen LogP contribution in [0.1, 0.15) is 39.7 Å². The van der Waals surface area contributed by atoms with E-state index in [1.165, 1.54) is 12.0 Å². The molecular formula is C17H28BrNO. The van der Waals surface area contributed by atoms with E-state index < -0.39 is 0 Å². The van der Waals surface area contributed by atoms with Crippen molar-refractivity contribution in [1.29, 1.82) is 0 Å². The largest absolute Gasteiger partial charge is 0.496 e. The quantitative estimate of drug-likeness (QED) is 0.812. The fraction of sp³-hybridized carbons (Fsp3) is 0.647. The molecule has 0 bridgehead atoms. The molecule has 3 heteroatoms. The van der Waals surface area contributed by atoms with Crippen molar-refractivity contribution in [2.45, 2.75) is 46.6 Å². The van der Waals surface area contributed by atoms with Crippen LogP contribution in [0.4, 0.5) is 0 Å². The van der Waals surface area contributed by atoms with Crippen LogP contribution in [0.15, 0.2) is 22.7 Å². The lowest BCUT2D eigenvalue weighted by Crippen LogP contribution is -2.33. The van der Waals surface area contributed by atoms with Gasteiger partial charge in [-0.05, 0) is 64.8 Å². The monoisotopic (exact) mass is 341 g/mol. The van der Waals surface area contributed by atoms with Gasteiger partial charge in [0.15, 0.2) is 0 Å². The Morgan fingerprint density at radius 1 is 1.30 bits per heavy atom. The minimum atomic E-state index is 0.357. The summed E-state index contributed by atoms with van der Waals surface area (Å²) in [6.45, 7) is 9.28. The summed E-state index contributed by atoms with van der Waals surface area (Å²) in [7, 11) is 3.75. The van der Waals surface area contributed by atoms with Crippen molar-refractivity contribution in [3.63, 3.8) is 0 Å². The first-order chi connectivity index (χ1) is 9.27. The molecule has 0 aromatic heterocycles. The Morgan fingerprint density at radius 2 is 1.95 bits per heavy atom. The van der Waals surface area contributed by atoms with E-state index in [4.69, 9.17) is 4.74 Å². The van der Waals surface area contributed by atoms with Gasteiger partial charge in [0.2, 0.25) is 0 Å². The van der Waals surface area contributed by atoms with E-state index in [-0.39, 0.29) is 0 Å². The molecule has 1 aromatic rings. The highest BCUT2D eigenvalue weighted by Crippen LogP contribution is 2.30. The summed E-state index contributed by atoms with van der Waals surface area (Å²) in [4.78, 5) is 0. The summed E-state index contributed by atoms with van der Waals surface area (Å²) in [5.74, 6) is 1.57. The van der Waals surface area contributed by atoms with Crippen LogP contribution in [0.3, 0.4) is 0 Å². The Balaban J connectivity index is 2.71. The number of rotatable bonds is 6. The summed E-state index contributed by atoms with van der Waals surface area (Å²) in [5, 5.41) is 3.46.